The lowest BCUT2D eigenvalue weighted by atomic mass is 9.89. The topological polar surface area (TPSA) is 36.4 Å². The molecule has 2 aliphatic heterocycles. The summed E-state index contributed by atoms with van der Waals surface area (Å²) >= 11 is 0. The van der Waals surface area contributed by atoms with Gasteiger partial charge in [0.25, 0.3) is 5.91 Å². The van der Waals surface area contributed by atoms with Crippen LogP contribution in [0.2, 0.25) is 0 Å². The third-order valence-corrected chi connectivity index (χ3v) is 6.88. The molecule has 2 saturated heterocycles. The average Bonchev–Trinajstić information content (AvgIpc) is 3.28. The minimum absolute atomic E-state index is 0.0989. The molecule has 0 spiro atoms. The molecule has 1 amide bonds. The lowest BCUT2D eigenvalue weighted by Gasteiger charge is -2.33. The summed E-state index contributed by atoms with van der Waals surface area (Å²) in [6.45, 7) is 4.83. The number of halogens is 1. The lowest BCUT2D eigenvalue weighted by Crippen LogP contribution is -2.37. The van der Waals surface area contributed by atoms with Gasteiger partial charge < -0.3 is 9.80 Å². The minimum atomic E-state index is -0.166. The molecule has 2 aromatic carbocycles. The van der Waals surface area contributed by atoms with Crippen LogP contribution in [0.3, 0.4) is 0 Å². The zero-order chi connectivity index (χ0) is 21.2. The van der Waals surface area contributed by atoms with Crippen molar-refractivity contribution in [1.29, 1.82) is 0 Å². The Morgan fingerprint density at radius 3 is 2.55 bits per heavy atom. The molecule has 0 radical (unpaired) electrons. The number of carbonyl (C=O) groups excluding carboxylic acids is 1. The van der Waals surface area contributed by atoms with E-state index in [9.17, 15) is 9.18 Å². The molecule has 0 unspecified atom stereocenters. The first kappa shape index (κ1) is 20.1. The first-order chi connectivity index (χ1) is 15.2. The van der Waals surface area contributed by atoms with Crippen LogP contribution in [0.25, 0.3) is 10.9 Å². The van der Waals surface area contributed by atoms with Gasteiger partial charge in [0.15, 0.2) is 0 Å². The van der Waals surface area contributed by atoms with E-state index in [1.807, 2.05) is 47.4 Å². The van der Waals surface area contributed by atoms with Gasteiger partial charge in [-0.2, -0.15) is 0 Å². The van der Waals surface area contributed by atoms with Crippen LogP contribution in [0.15, 0.2) is 60.8 Å². The molecule has 160 valence electrons. The van der Waals surface area contributed by atoms with Crippen LogP contribution in [0.4, 0.5) is 4.39 Å². The van der Waals surface area contributed by atoms with Gasteiger partial charge in [0, 0.05) is 31.2 Å². The first-order valence-electron chi connectivity index (χ1n) is 11.3. The standard InChI is InChI=1S/C26H28FN3O/c27-23-8-6-20(7-9-23)21-11-14-29(15-12-21)17-19-10-16-30(18-19)26(31)24-5-1-3-22-4-2-13-28-25(22)24/h1-9,13,19,21H,10-12,14-18H2/t19-/m1/s1. The number of pyridine rings is 1. The fourth-order valence-electron chi connectivity index (χ4n) is 5.16. The zero-order valence-electron chi connectivity index (χ0n) is 17.7. The number of benzene rings is 2. The maximum atomic E-state index is 13.2. The van der Waals surface area contributed by atoms with E-state index in [0.29, 0.717) is 17.4 Å². The van der Waals surface area contributed by atoms with E-state index in [1.54, 1.807) is 18.3 Å². The van der Waals surface area contributed by atoms with Crippen molar-refractivity contribution in [2.75, 3.05) is 32.7 Å². The van der Waals surface area contributed by atoms with Crippen LogP contribution >= 0.6 is 0 Å². The number of rotatable bonds is 4. The summed E-state index contributed by atoms with van der Waals surface area (Å²) in [6, 6.07) is 16.7. The Balaban J connectivity index is 1.16. The second-order valence-corrected chi connectivity index (χ2v) is 8.91. The maximum absolute atomic E-state index is 13.2. The Bertz CT molecular complexity index is 1050. The largest absolute Gasteiger partial charge is 0.338 e. The van der Waals surface area contributed by atoms with Crippen LogP contribution in [0.1, 0.15) is 41.1 Å². The fraction of sp³-hybridized carbons (Fsp3) is 0.385. The average molecular weight is 418 g/mol. The SMILES string of the molecule is O=C(c1cccc2cccnc12)N1CC[C@H](CN2CCC(c3ccc(F)cc3)CC2)C1. The van der Waals surface area contributed by atoms with Crippen molar-refractivity contribution in [2.24, 2.45) is 5.92 Å². The number of carbonyl (C=O) groups is 1. The van der Waals surface area contributed by atoms with E-state index in [2.05, 4.69) is 9.88 Å². The Morgan fingerprint density at radius 1 is 0.968 bits per heavy atom. The first-order valence-corrected chi connectivity index (χ1v) is 11.3. The van der Waals surface area contributed by atoms with E-state index < -0.39 is 0 Å². The molecular formula is C26H28FN3O. The minimum Gasteiger partial charge on any atom is -0.338 e. The number of nitrogens with zero attached hydrogens (tertiary/aromatic N) is 3. The third-order valence-electron chi connectivity index (χ3n) is 6.88. The highest BCUT2D eigenvalue weighted by atomic mass is 19.1. The fourth-order valence-corrected chi connectivity index (χ4v) is 5.16. The molecule has 5 rings (SSSR count). The van der Waals surface area contributed by atoms with Crippen molar-refractivity contribution in [2.45, 2.75) is 25.2 Å². The van der Waals surface area contributed by atoms with Crippen molar-refractivity contribution in [3.8, 4) is 0 Å². The number of hydrogen-bond acceptors (Lipinski definition) is 3. The lowest BCUT2D eigenvalue weighted by molar-refractivity contribution is 0.0783. The van der Waals surface area contributed by atoms with Gasteiger partial charge >= 0.3 is 0 Å². The number of likely N-dealkylation sites (tertiary alicyclic amines) is 2. The highest BCUT2D eigenvalue weighted by Gasteiger charge is 2.30. The maximum Gasteiger partial charge on any atom is 0.256 e. The molecule has 2 aliphatic rings. The predicted molar refractivity (Wildman–Crippen MR) is 121 cm³/mol. The molecule has 3 heterocycles. The summed E-state index contributed by atoms with van der Waals surface area (Å²) < 4.78 is 13.2. The number of para-hydroxylation sites is 1. The second-order valence-electron chi connectivity index (χ2n) is 8.91. The van der Waals surface area contributed by atoms with E-state index in [0.717, 1.165) is 62.9 Å². The van der Waals surface area contributed by atoms with Gasteiger partial charge in [-0.25, -0.2) is 4.39 Å². The smallest absolute Gasteiger partial charge is 0.256 e. The number of piperidine rings is 1. The molecule has 5 heteroatoms. The third kappa shape index (κ3) is 4.33. The molecule has 1 atom stereocenters. The molecule has 3 aromatic rings. The number of amides is 1. The van der Waals surface area contributed by atoms with Gasteiger partial charge in [-0.1, -0.05) is 30.3 Å². The highest BCUT2D eigenvalue weighted by Crippen LogP contribution is 2.30. The molecule has 31 heavy (non-hydrogen) atoms. The Hall–Kier alpha value is -2.79. The summed E-state index contributed by atoms with van der Waals surface area (Å²) in [5.74, 6) is 0.981. The van der Waals surface area contributed by atoms with Gasteiger partial charge in [-0.05, 0) is 74.0 Å². The van der Waals surface area contributed by atoms with Crippen LogP contribution in [0.5, 0.6) is 0 Å². The van der Waals surface area contributed by atoms with E-state index >= 15 is 0 Å². The van der Waals surface area contributed by atoms with Crippen molar-refractivity contribution in [1.82, 2.24) is 14.8 Å². The monoisotopic (exact) mass is 417 g/mol. The Morgan fingerprint density at radius 2 is 1.74 bits per heavy atom. The van der Waals surface area contributed by atoms with Crippen LogP contribution < -0.4 is 0 Å². The summed E-state index contributed by atoms with van der Waals surface area (Å²) in [4.78, 5) is 22.2. The van der Waals surface area contributed by atoms with Crippen molar-refractivity contribution in [3.05, 3.63) is 77.7 Å². The summed E-state index contributed by atoms with van der Waals surface area (Å²) in [6.07, 6.45) is 5.04. The van der Waals surface area contributed by atoms with E-state index in [-0.39, 0.29) is 11.7 Å². The molecule has 0 bridgehead atoms. The Kier molecular flexibility index (Phi) is 5.68. The highest BCUT2D eigenvalue weighted by molar-refractivity contribution is 6.05. The molecule has 2 fully saturated rings. The van der Waals surface area contributed by atoms with Crippen LogP contribution in [-0.2, 0) is 0 Å². The van der Waals surface area contributed by atoms with Crippen molar-refractivity contribution < 1.29 is 9.18 Å². The molecule has 0 saturated carbocycles. The number of hydrogen-bond donors (Lipinski definition) is 0. The quantitative estimate of drug-likeness (QED) is 0.617. The van der Waals surface area contributed by atoms with E-state index in [1.165, 1.54) is 5.56 Å². The molecule has 0 N–H and O–H groups in total. The predicted octanol–water partition coefficient (Wildman–Crippen LogP) is 4.72. The molecule has 1 aromatic heterocycles. The summed E-state index contributed by atoms with van der Waals surface area (Å²) in [7, 11) is 0. The van der Waals surface area contributed by atoms with Crippen molar-refractivity contribution in [3.63, 3.8) is 0 Å². The van der Waals surface area contributed by atoms with Gasteiger partial charge in [-0.15, -0.1) is 0 Å². The van der Waals surface area contributed by atoms with Gasteiger partial charge in [-0.3, -0.25) is 9.78 Å². The van der Waals surface area contributed by atoms with Gasteiger partial charge in [0.1, 0.15) is 5.82 Å². The second kappa shape index (κ2) is 8.75. The van der Waals surface area contributed by atoms with Crippen LogP contribution in [-0.4, -0.2) is 53.4 Å². The van der Waals surface area contributed by atoms with Crippen molar-refractivity contribution >= 4 is 16.8 Å². The van der Waals surface area contributed by atoms with Gasteiger partial charge in [0.2, 0.25) is 0 Å². The summed E-state index contributed by atoms with van der Waals surface area (Å²) in [5.41, 5.74) is 2.75. The summed E-state index contributed by atoms with van der Waals surface area (Å²) in [5, 5.41) is 1.01. The number of aromatic nitrogens is 1. The normalized spacial score (nSPS) is 20.4. The Labute approximate surface area is 182 Å². The number of fused-ring (bicyclic) bond motifs is 1. The van der Waals surface area contributed by atoms with Crippen LogP contribution in [0, 0.1) is 11.7 Å². The molecule has 4 nitrogen and oxygen atoms in total. The molecular weight excluding hydrogens is 389 g/mol. The zero-order valence-corrected chi connectivity index (χ0v) is 17.7. The molecule has 0 aliphatic carbocycles. The van der Waals surface area contributed by atoms with Gasteiger partial charge in [0.05, 0.1) is 11.1 Å². The van der Waals surface area contributed by atoms with E-state index in [4.69, 9.17) is 0 Å².